The molecule has 1 amide bonds. The number of ether oxygens (including phenoxy) is 4. The number of nitrogens with zero attached hydrogens (tertiary/aromatic N) is 1. The zero-order valence-electron chi connectivity index (χ0n) is 24.9. The van der Waals surface area contributed by atoms with E-state index in [4.69, 9.17) is 18.9 Å². The molecule has 1 aliphatic heterocycles. The number of hydrogen-bond donors (Lipinski definition) is 0. The lowest BCUT2D eigenvalue weighted by Crippen LogP contribution is -2.32. The molecule has 1 aliphatic rings. The van der Waals surface area contributed by atoms with Crippen LogP contribution in [0.1, 0.15) is 37.1 Å². The van der Waals surface area contributed by atoms with Crippen LogP contribution < -0.4 is 9.64 Å². The Morgan fingerprint density at radius 1 is 0.886 bits per heavy atom. The first kappa shape index (κ1) is 30.7. The fourth-order valence-corrected chi connectivity index (χ4v) is 5.80. The van der Waals surface area contributed by atoms with Gasteiger partial charge in [0.25, 0.3) is 5.91 Å². The summed E-state index contributed by atoms with van der Waals surface area (Å²) in [5, 5.41) is 4.05. The minimum absolute atomic E-state index is 0.0357. The predicted molar refractivity (Wildman–Crippen MR) is 168 cm³/mol. The quantitative estimate of drug-likeness (QED) is 0.127. The molecule has 8 nitrogen and oxygen atoms in total. The second-order valence-corrected chi connectivity index (χ2v) is 11.2. The molecule has 226 valence electrons. The van der Waals surface area contributed by atoms with Crippen LogP contribution in [0, 0.1) is 5.92 Å². The van der Waals surface area contributed by atoms with Gasteiger partial charge in [-0.05, 0) is 46.2 Å². The standard InChI is InChI=1S/C35H33NO7S/c1-22(2)31(37)29-30(27-12-8-9-13-28(27)42-21-40-3)36(26-16-14-23(15-17-26)25-18-19-44-20-25)34(38)33(29)43-32(35(39)41-4)24-10-6-5-7-11-24/h5-20,22,30,32H,21H2,1-4H3/t30-,32+/m1/s1. The average molecular weight is 612 g/mol. The van der Waals surface area contributed by atoms with Crippen molar-refractivity contribution < 1.29 is 33.3 Å². The van der Waals surface area contributed by atoms with E-state index in [1.54, 1.807) is 73.7 Å². The highest BCUT2D eigenvalue weighted by Gasteiger charge is 2.48. The molecule has 5 rings (SSSR count). The Bertz CT molecular complexity index is 1650. The first-order chi connectivity index (χ1) is 21.3. The number of amides is 1. The Labute approximate surface area is 260 Å². The number of Topliss-reactive ketones (excluding diaryl/α,β-unsaturated/α-hetero) is 1. The predicted octanol–water partition coefficient (Wildman–Crippen LogP) is 6.90. The summed E-state index contributed by atoms with van der Waals surface area (Å²) in [6.45, 7) is 3.48. The highest BCUT2D eigenvalue weighted by Crippen LogP contribution is 2.47. The van der Waals surface area contributed by atoms with E-state index < -0.39 is 29.9 Å². The lowest BCUT2D eigenvalue weighted by Gasteiger charge is -2.28. The van der Waals surface area contributed by atoms with Gasteiger partial charge in [0.1, 0.15) is 5.75 Å². The summed E-state index contributed by atoms with van der Waals surface area (Å²) in [6.07, 6.45) is -1.28. The molecule has 2 heterocycles. The van der Waals surface area contributed by atoms with Crippen molar-refractivity contribution in [3.05, 3.63) is 118 Å². The van der Waals surface area contributed by atoms with E-state index in [1.165, 1.54) is 19.1 Å². The number of ketones is 1. The van der Waals surface area contributed by atoms with Crippen LogP contribution in [0.15, 0.2) is 107 Å². The zero-order chi connectivity index (χ0) is 31.2. The summed E-state index contributed by atoms with van der Waals surface area (Å²) in [4.78, 5) is 43.1. The molecule has 9 heteroatoms. The number of carbonyl (C=O) groups is 3. The zero-order valence-corrected chi connectivity index (χ0v) is 25.7. The minimum atomic E-state index is -1.28. The van der Waals surface area contributed by atoms with Crippen LogP contribution in [0.4, 0.5) is 5.69 Å². The molecule has 4 aromatic rings. The fraction of sp³-hybridized carbons (Fsp3) is 0.229. The molecule has 3 aromatic carbocycles. The molecule has 0 N–H and O–H groups in total. The highest BCUT2D eigenvalue weighted by atomic mass is 32.1. The third-order valence-electron chi connectivity index (χ3n) is 7.28. The van der Waals surface area contributed by atoms with E-state index >= 15 is 0 Å². The molecule has 1 aromatic heterocycles. The van der Waals surface area contributed by atoms with Crippen molar-refractivity contribution >= 4 is 34.7 Å². The number of esters is 1. The van der Waals surface area contributed by atoms with Crippen LogP contribution in [0.3, 0.4) is 0 Å². The number of anilines is 1. The lowest BCUT2D eigenvalue weighted by atomic mass is 9.90. The Morgan fingerprint density at radius 2 is 1.59 bits per heavy atom. The van der Waals surface area contributed by atoms with Crippen molar-refractivity contribution in [1.82, 2.24) is 0 Å². The van der Waals surface area contributed by atoms with Crippen molar-refractivity contribution in [3.8, 4) is 16.9 Å². The molecule has 0 bridgehead atoms. The third-order valence-corrected chi connectivity index (χ3v) is 7.96. The molecular formula is C35H33NO7S. The van der Waals surface area contributed by atoms with Gasteiger partial charge in [-0.1, -0.05) is 74.5 Å². The van der Waals surface area contributed by atoms with Gasteiger partial charge in [-0.25, -0.2) is 4.79 Å². The lowest BCUT2D eigenvalue weighted by molar-refractivity contribution is -0.152. The van der Waals surface area contributed by atoms with E-state index in [1.807, 2.05) is 47.2 Å². The largest absolute Gasteiger partial charge is 0.468 e. The van der Waals surface area contributed by atoms with Crippen LogP contribution in [-0.2, 0) is 28.6 Å². The normalized spacial score (nSPS) is 15.4. The van der Waals surface area contributed by atoms with E-state index in [9.17, 15) is 14.4 Å². The van der Waals surface area contributed by atoms with E-state index in [0.29, 0.717) is 22.6 Å². The maximum Gasteiger partial charge on any atom is 0.351 e. The van der Waals surface area contributed by atoms with Crippen molar-refractivity contribution in [2.45, 2.75) is 26.0 Å². The monoisotopic (exact) mass is 611 g/mol. The fourth-order valence-electron chi connectivity index (χ4n) is 5.14. The maximum atomic E-state index is 14.5. The third kappa shape index (κ3) is 6.15. The van der Waals surface area contributed by atoms with Gasteiger partial charge in [0, 0.05) is 29.8 Å². The van der Waals surface area contributed by atoms with Crippen LogP contribution in [0.2, 0.25) is 0 Å². The van der Waals surface area contributed by atoms with Gasteiger partial charge < -0.3 is 18.9 Å². The number of methoxy groups -OCH3 is 2. The second-order valence-electron chi connectivity index (χ2n) is 10.4. The summed E-state index contributed by atoms with van der Waals surface area (Å²) in [6, 6.07) is 24.6. The molecule has 2 atom stereocenters. The molecule has 0 unspecified atom stereocenters. The molecule has 0 saturated heterocycles. The van der Waals surface area contributed by atoms with Crippen molar-refractivity contribution in [3.63, 3.8) is 0 Å². The number of benzene rings is 3. The van der Waals surface area contributed by atoms with E-state index in [0.717, 1.165) is 11.1 Å². The summed E-state index contributed by atoms with van der Waals surface area (Å²) < 4.78 is 22.4. The molecule has 0 spiro atoms. The molecular weight excluding hydrogens is 578 g/mol. The van der Waals surface area contributed by atoms with Gasteiger partial charge in [0.15, 0.2) is 18.3 Å². The van der Waals surface area contributed by atoms with Crippen molar-refractivity contribution in [1.29, 1.82) is 0 Å². The Morgan fingerprint density at radius 3 is 2.23 bits per heavy atom. The van der Waals surface area contributed by atoms with Crippen LogP contribution in [0.25, 0.3) is 11.1 Å². The SMILES string of the molecule is COCOc1ccccc1[C@@H]1C(C(=O)C(C)C)=C(O[C@H](C(=O)OC)c2ccccc2)C(=O)N1c1ccc(-c2ccsc2)cc1. The number of rotatable bonds is 12. The Kier molecular flexibility index (Phi) is 9.57. The highest BCUT2D eigenvalue weighted by molar-refractivity contribution is 7.08. The summed E-state index contributed by atoms with van der Waals surface area (Å²) in [5.41, 5.74) is 3.77. The number of carbonyl (C=O) groups excluding carboxylic acids is 3. The summed E-state index contributed by atoms with van der Waals surface area (Å²) >= 11 is 1.60. The molecule has 0 aliphatic carbocycles. The van der Waals surface area contributed by atoms with Gasteiger partial charge in [-0.2, -0.15) is 11.3 Å². The summed E-state index contributed by atoms with van der Waals surface area (Å²) in [7, 11) is 2.76. The second kappa shape index (κ2) is 13.7. The molecule has 0 saturated carbocycles. The maximum absolute atomic E-state index is 14.5. The number of para-hydroxylation sites is 1. The number of hydrogen-bond acceptors (Lipinski definition) is 8. The van der Waals surface area contributed by atoms with Crippen LogP contribution >= 0.6 is 11.3 Å². The van der Waals surface area contributed by atoms with E-state index in [2.05, 4.69) is 0 Å². The molecule has 44 heavy (non-hydrogen) atoms. The van der Waals surface area contributed by atoms with Gasteiger partial charge in [-0.3, -0.25) is 14.5 Å². The van der Waals surface area contributed by atoms with Gasteiger partial charge in [0.05, 0.1) is 18.7 Å². The van der Waals surface area contributed by atoms with Crippen molar-refractivity contribution in [2.24, 2.45) is 5.92 Å². The Hall–Kier alpha value is -4.73. The number of thiophene rings is 1. The first-order valence-electron chi connectivity index (χ1n) is 14.1. The Balaban J connectivity index is 1.70. The van der Waals surface area contributed by atoms with Gasteiger partial charge >= 0.3 is 5.97 Å². The van der Waals surface area contributed by atoms with Gasteiger partial charge in [-0.15, -0.1) is 0 Å². The first-order valence-corrected chi connectivity index (χ1v) is 15.0. The smallest absolute Gasteiger partial charge is 0.351 e. The van der Waals surface area contributed by atoms with E-state index in [-0.39, 0.29) is 23.9 Å². The van der Waals surface area contributed by atoms with Crippen LogP contribution in [-0.4, -0.2) is 38.7 Å². The van der Waals surface area contributed by atoms with Crippen LogP contribution in [0.5, 0.6) is 5.75 Å². The molecule has 0 radical (unpaired) electrons. The molecule has 0 fully saturated rings. The minimum Gasteiger partial charge on any atom is -0.468 e. The van der Waals surface area contributed by atoms with Gasteiger partial charge in [0.2, 0.25) is 6.10 Å². The topological polar surface area (TPSA) is 91.4 Å². The van der Waals surface area contributed by atoms with Crippen molar-refractivity contribution in [2.75, 3.05) is 25.9 Å². The summed E-state index contributed by atoms with van der Waals surface area (Å²) in [5.74, 6) is -1.82. The average Bonchev–Trinajstić information content (AvgIpc) is 3.69.